The Kier molecular flexibility index (Phi) is 5.22. The van der Waals surface area contributed by atoms with E-state index >= 15 is 0 Å². The molecule has 1 unspecified atom stereocenters. The number of rotatable bonds is 6. The standard InChI is InChI=1S/C12H21N3O/c1-4-16-11-7-10(8-14-9-11)12(13)5-6-15(2)3/h7-9,12H,4-6,13H2,1-3H3. The largest absolute Gasteiger partial charge is 0.492 e. The quantitative estimate of drug-likeness (QED) is 0.792. The maximum Gasteiger partial charge on any atom is 0.137 e. The van der Waals surface area contributed by atoms with Gasteiger partial charge in [0.15, 0.2) is 0 Å². The Bertz CT molecular complexity index is 315. The fraction of sp³-hybridized carbons (Fsp3) is 0.583. The summed E-state index contributed by atoms with van der Waals surface area (Å²) < 4.78 is 5.39. The minimum atomic E-state index is 0.0234. The van der Waals surface area contributed by atoms with Gasteiger partial charge in [-0.05, 0) is 45.6 Å². The van der Waals surface area contributed by atoms with Crippen molar-refractivity contribution in [2.24, 2.45) is 5.73 Å². The van der Waals surface area contributed by atoms with Gasteiger partial charge < -0.3 is 15.4 Å². The highest BCUT2D eigenvalue weighted by atomic mass is 16.5. The van der Waals surface area contributed by atoms with Crippen molar-refractivity contribution in [2.45, 2.75) is 19.4 Å². The molecule has 0 radical (unpaired) electrons. The molecule has 1 heterocycles. The van der Waals surface area contributed by atoms with Crippen LogP contribution >= 0.6 is 0 Å². The van der Waals surface area contributed by atoms with E-state index < -0.39 is 0 Å². The molecule has 90 valence electrons. The average Bonchev–Trinajstić information content (AvgIpc) is 2.26. The van der Waals surface area contributed by atoms with Gasteiger partial charge in [-0.25, -0.2) is 0 Å². The van der Waals surface area contributed by atoms with E-state index in [1.165, 1.54) is 0 Å². The van der Waals surface area contributed by atoms with Gasteiger partial charge in [-0.15, -0.1) is 0 Å². The molecule has 2 N–H and O–H groups in total. The van der Waals surface area contributed by atoms with Crippen LogP contribution in [0.15, 0.2) is 18.5 Å². The van der Waals surface area contributed by atoms with Crippen LogP contribution in [0.5, 0.6) is 5.75 Å². The van der Waals surface area contributed by atoms with Gasteiger partial charge in [0, 0.05) is 12.2 Å². The lowest BCUT2D eigenvalue weighted by Gasteiger charge is -2.15. The maximum atomic E-state index is 6.09. The highest BCUT2D eigenvalue weighted by molar-refractivity contribution is 5.25. The second-order valence-electron chi connectivity index (χ2n) is 4.09. The van der Waals surface area contributed by atoms with Crippen LogP contribution in [-0.4, -0.2) is 37.1 Å². The minimum Gasteiger partial charge on any atom is -0.492 e. The Morgan fingerprint density at radius 1 is 1.44 bits per heavy atom. The highest BCUT2D eigenvalue weighted by Crippen LogP contribution is 2.18. The molecule has 0 aliphatic rings. The lowest BCUT2D eigenvalue weighted by molar-refractivity contribution is 0.337. The molecule has 1 aromatic rings. The van der Waals surface area contributed by atoms with E-state index in [1.807, 2.05) is 33.3 Å². The van der Waals surface area contributed by atoms with Crippen LogP contribution < -0.4 is 10.5 Å². The van der Waals surface area contributed by atoms with Gasteiger partial charge in [-0.2, -0.15) is 0 Å². The van der Waals surface area contributed by atoms with Crippen molar-refractivity contribution < 1.29 is 4.74 Å². The molecule has 0 spiro atoms. The first-order chi connectivity index (χ1) is 7.63. The van der Waals surface area contributed by atoms with Crippen LogP contribution in [0.4, 0.5) is 0 Å². The van der Waals surface area contributed by atoms with Gasteiger partial charge in [0.25, 0.3) is 0 Å². The number of pyridine rings is 1. The highest BCUT2D eigenvalue weighted by Gasteiger charge is 2.07. The molecule has 0 fully saturated rings. The molecule has 0 amide bonds. The van der Waals surface area contributed by atoms with Crippen molar-refractivity contribution in [1.82, 2.24) is 9.88 Å². The molecule has 16 heavy (non-hydrogen) atoms. The third-order valence-corrected chi connectivity index (χ3v) is 2.36. The molecule has 0 saturated heterocycles. The summed E-state index contributed by atoms with van der Waals surface area (Å²) in [5, 5.41) is 0. The van der Waals surface area contributed by atoms with Crippen LogP contribution in [0, 0.1) is 0 Å². The minimum absolute atomic E-state index is 0.0234. The third-order valence-electron chi connectivity index (χ3n) is 2.36. The van der Waals surface area contributed by atoms with Crippen molar-refractivity contribution in [1.29, 1.82) is 0 Å². The van der Waals surface area contributed by atoms with Crippen molar-refractivity contribution >= 4 is 0 Å². The van der Waals surface area contributed by atoms with Crippen LogP contribution in [0.3, 0.4) is 0 Å². The summed E-state index contributed by atoms with van der Waals surface area (Å²) in [7, 11) is 4.09. The van der Waals surface area contributed by atoms with E-state index in [2.05, 4.69) is 9.88 Å². The number of nitrogens with zero attached hydrogens (tertiary/aromatic N) is 2. The first-order valence-electron chi connectivity index (χ1n) is 5.61. The predicted octanol–water partition coefficient (Wildman–Crippen LogP) is 1.43. The summed E-state index contributed by atoms with van der Waals surface area (Å²) in [5.74, 6) is 0.792. The summed E-state index contributed by atoms with van der Waals surface area (Å²) in [4.78, 5) is 6.26. The summed E-state index contributed by atoms with van der Waals surface area (Å²) in [6.45, 7) is 3.58. The second kappa shape index (κ2) is 6.45. The molecular formula is C12H21N3O. The van der Waals surface area contributed by atoms with Gasteiger partial charge in [0.2, 0.25) is 0 Å². The molecule has 0 aliphatic heterocycles. The molecule has 0 bridgehead atoms. The summed E-state index contributed by atoms with van der Waals surface area (Å²) in [5.41, 5.74) is 7.12. The zero-order chi connectivity index (χ0) is 12.0. The molecule has 1 aromatic heterocycles. The lowest BCUT2D eigenvalue weighted by atomic mass is 10.1. The second-order valence-corrected chi connectivity index (χ2v) is 4.09. The first kappa shape index (κ1) is 12.9. The van der Waals surface area contributed by atoms with E-state index in [0.717, 1.165) is 24.3 Å². The SMILES string of the molecule is CCOc1cncc(C(N)CCN(C)C)c1. The normalized spacial score (nSPS) is 12.8. The van der Waals surface area contributed by atoms with Crippen molar-refractivity contribution in [3.8, 4) is 5.75 Å². The van der Waals surface area contributed by atoms with E-state index in [1.54, 1.807) is 6.20 Å². The molecular weight excluding hydrogens is 202 g/mol. The Morgan fingerprint density at radius 3 is 2.81 bits per heavy atom. The molecule has 1 atom stereocenters. The van der Waals surface area contributed by atoms with E-state index in [9.17, 15) is 0 Å². The van der Waals surface area contributed by atoms with Gasteiger partial charge >= 0.3 is 0 Å². The van der Waals surface area contributed by atoms with Crippen LogP contribution in [0.1, 0.15) is 24.9 Å². The Hall–Kier alpha value is -1.13. The Balaban J connectivity index is 2.60. The number of aromatic nitrogens is 1. The molecule has 4 nitrogen and oxygen atoms in total. The van der Waals surface area contributed by atoms with Crippen LogP contribution in [0.2, 0.25) is 0 Å². The zero-order valence-corrected chi connectivity index (χ0v) is 10.3. The van der Waals surface area contributed by atoms with Crippen molar-refractivity contribution in [2.75, 3.05) is 27.2 Å². The first-order valence-corrected chi connectivity index (χ1v) is 5.61. The number of hydrogen-bond acceptors (Lipinski definition) is 4. The molecule has 0 saturated carbocycles. The lowest BCUT2D eigenvalue weighted by Crippen LogP contribution is -2.20. The number of hydrogen-bond donors (Lipinski definition) is 1. The van der Waals surface area contributed by atoms with Crippen LogP contribution in [-0.2, 0) is 0 Å². The monoisotopic (exact) mass is 223 g/mol. The zero-order valence-electron chi connectivity index (χ0n) is 10.3. The van der Waals surface area contributed by atoms with E-state index in [-0.39, 0.29) is 6.04 Å². The maximum absolute atomic E-state index is 6.09. The molecule has 0 aliphatic carbocycles. The van der Waals surface area contributed by atoms with Gasteiger partial charge in [0.1, 0.15) is 5.75 Å². The number of nitrogens with two attached hydrogens (primary N) is 1. The van der Waals surface area contributed by atoms with E-state index in [4.69, 9.17) is 10.5 Å². The van der Waals surface area contributed by atoms with Crippen LogP contribution in [0.25, 0.3) is 0 Å². The molecule has 1 rings (SSSR count). The van der Waals surface area contributed by atoms with Gasteiger partial charge in [0.05, 0.1) is 12.8 Å². The third kappa shape index (κ3) is 4.16. The van der Waals surface area contributed by atoms with E-state index in [0.29, 0.717) is 6.61 Å². The molecule has 4 heteroatoms. The number of ether oxygens (including phenoxy) is 1. The summed E-state index contributed by atoms with van der Waals surface area (Å²) in [6, 6.07) is 1.99. The summed E-state index contributed by atoms with van der Waals surface area (Å²) >= 11 is 0. The fourth-order valence-corrected chi connectivity index (χ4v) is 1.45. The smallest absolute Gasteiger partial charge is 0.137 e. The average molecular weight is 223 g/mol. The van der Waals surface area contributed by atoms with Crippen molar-refractivity contribution in [3.63, 3.8) is 0 Å². The predicted molar refractivity (Wildman–Crippen MR) is 65.5 cm³/mol. The molecule has 0 aromatic carbocycles. The Morgan fingerprint density at radius 2 is 2.19 bits per heavy atom. The Labute approximate surface area is 97.4 Å². The van der Waals surface area contributed by atoms with Gasteiger partial charge in [-0.1, -0.05) is 0 Å². The topological polar surface area (TPSA) is 51.4 Å². The summed E-state index contributed by atoms with van der Waals surface area (Å²) in [6.07, 6.45) is 4.44. The van der Waals surface area contributed by atoms with Crippen molar-refractivity contribution in [3.05, 3.63) is 24.0 Å². The fourth-order valence-electron chi connectivity index (χ4n) is 1.45. The van der Waals surface area contributed by atoms with Gasteiger partial charge in [-0.3, -0.25) is 4.98 Å².